The average molecular weight is 517 g/mol. The lowest BCUT2D eigenvalue weighted by atomic mass is 10.1. The van der Waals surface area contributed by atoms with Crippen LogP contribution in [-0.2, 0) is 24.0 Å². The van der Waals surface area contributed by atoms with Crippen molar-refractivity contribution < 1.29 is 39.3 Å². The van der Waals surface area contributed by atoms with Crippen molar-refractivity contribution in [3.8, 4) is 0 Å². The molecule has 0 saturated carbocycles. The van der Waals surface area contributed by atoms with E-state index in [4.69, 9.17) is 5.73 Å². The van der Waals surface area contributed by atoms with E-state index in [2.05, 4.69) is 5.32 Å². The van der Waals surface area contributed by atoms with Gasteiger partial charge in [0, 0.05) is 58.9 Å². The molecule has 1 unspecified atom stereocenters. The largest absolute Gasteiger partial charge is 0.480 e. The van der Waals surface area contributed by atoms with Gasteiger partial charge in [0.05, 0.1) is 32.2 Å². The highest BCUT2D eigenvalue weighted by molar-refractivity contribution is 5.81. The second kappa shape index (κ2) is 16.9. The molecule has 14 nitrogen and oxygen atoms in total. The first-order valence-corrected chi connectivity index (χ1v) is 12.0. The molecule has 0 bridgehead atoms. The minimum atomic E-state index is -1.02. The molecule has 1 saturated heterocycles. The Balaban J connectivity index is 2.82. The van der Waals surface area contributed by atoms with Gasteiger partial charge >= 0.3 is 17.9 Å². The molecule has 1 heterocycles. The Morgan fingerprint density at radius 2 is 1.03 bits per heavy atom. The van der Waals surface area contributed by atoms with E-state index in [0.29, 0.717) is 71.7 Å². The van der Waals surface area contributed by atoms with E-state index in [-0.39, 0.29) is 37.9 Å². The Hall–Kier alpha value is -2.65. The molecule has 36 heavy (non-hydrogen) atoms. The van der Waals surface area contributed by atoms with Crippen LogP contribution in [0.15, 0.2) is 0 Å². The second-order valence-electron chi connectivity index (χ2n) is 9.00. The molecule has 1 aliphatic rings. The Morgan fingerprint density at radius 3 is 1.33 bits per heavy atom. The zero-order valence-corrected chi connectivity index (χ0v) is 20.9. The van der Waals surface area contributed by atoms with Crippen LogP contribution in [0.4, 0.5) is 0 Å². The number of hydrogen-bond donors (Lipinski definition) is 5. The third-order valence-corrected chi connectivity index (χ3v) is 5.91. The summed E-state index contributed by atoms with van der Waals surface area (Å²) in [7, 11) is 0. The summed E-state index contributed by atoms with van der Waals surface area (Å²) in [4.78, 5) is 64.5. The lowest BCUT2D eigenvalue weighted by molar-refractivity contribution is -0.140. The maximum Gasteiger partial charge on any atom is 0.317 e. The molecular weight excluding hydrogens is 476 g/mol. The molecule has 0 spiro atoms. The minimum Gasteiger partial charge on any atom is -0.480 e. The lowest BCUT2D eigenvalue weighted by Gasteiger charge is -2.32. The molecular formula is C22H40N6O8. The third kappa shape index (κ3) is 14.7. The lowest BCUT2D eigenvalue weighted by Crippen LogP contribution is -2.49. The summed E-state index contributed by atoms with van der Waals surface area (Å²) in [5.41, 5.74) is 5.70. The SMILES string of the molecule is CC(=O)C(N)CCCNC(=O)CN1CCN(CC(=O)O)CCN(CC(=O)O)CCN(CC(=O)O)CC1. The number of carbonyl (C=O) groups excluding carboxylic acids is 2. The Kier molecular flexibility index (Phi) is 14.7. The number of hydrogen-bond acceptors (Lipinski definition) is 10. The van der Waals surface area contributed by atoms with Gasteiger partial charge in [-0.2, -0.15) is 0 Å². The number of nitrogens with two attached hydrogens (primary N) is 1. The maximum atomic E-state index is 12.5. The number of aliphatic carboxylic acids is 3. The number of rotatable bonds is 13. The van der Waals surface area contributed by atoms with Gasteiger partial charge in [0.15, 0.2) is 0 Å². The number of ketones is 1. The summed E-state index contributed by atoms with van der Waals surface area (Å²) in [5, 5.41) is 30.5. The van der Waals surface area contributed by atoms with Gasteiger partial charge in [0.25, 0.3) is 0 Å². The van der Waals surface area contributed by atoms with Gasteiger partial charge in [-0.05, 0) is 19.8 Å². The topological polar surface area (TPSA) is 197 Å². The van der Waals surface area contributed by atoms with Crippen LogP contribution in [0.3, 0.4) is 0 Å². The van der Waals surface area contributed by atoms with Crippen LogP contribution < -0.4 is 11.1 Å². The molecule has 0 aromatic heterocycles. The first-order valence-electron chi connectivity index (χ1n) is 12.0. The van der Waals surface area contributed by atoms with E-state index < -0.39 is 23.9 Å². The highest BCUT2D eigenvalue weighted by atomic mass is 16.4. The molecule has 1 atom stereocenters. The van der Waals surface area contributed by atoms with E-state index in [0.717, 1.165) is 0 Å². The summed E-state index contributed by atoms with van der Waals surface area (Å²) >= 11 is 0. The first-order chi connectivity index (χ1) is 17.0. The number of Topliss-reactive ketones (excluding diaryl/α,β-unsaturated/α-hetero) is 1. The van der Waals surface area contributed by atoms with Gasteiger partial charge in [-0.3, -0.25) is 43.6 Å². The molecule has 0 aliphatic carbocycles. The highest BCUT2D eigenvalue weighted by Gasteiger charge is 2.21. The normalized spacial score (nSPS) is 18.5. The third-order valence-electron chi connectivity index (χ3n) is 5.91. The molecule has 0 aromatic rings. The fraction of sp³-hybridized carbons (Fsp3) is 0.773. The van der Waals surface area contributed by atoms with Crippen molar-refractivity contribution in [3.63, 3.8) is 0 Å². The van der Waals surface area contributed by atoms with Crippen molar-refractivity contribution >= 4 is 29.6 Å². The molecule has 1 aliphatic heterocycles. The first kappa shape index (κ1) is 31.4. The fourth-order valence-corrected chi connectivity index (χ4v) is 3.80. The van der Waals surface area contributed by atoms with Crippen molar-refractivity contribution in [2.75, 3.05) is 85.1 Å². The van der Waals surface area contributed by atoms with E-state index in [9.17, 15) is 39.3 Å². The van der Waals surface area contributed by atoms with Crippen molar-refractivity contribution in [1.82, 2.24) is 24.9 Å². The van der Waals surface area contributed by atoms with Gasteiger partial charge in [0.2, 0.25) is 5.91 Å². The average Bonchev–Trinajstić information content (AvgIpc) is 2.77. The number of nitrogens with zero attached hydrogens (tertiary/aromatic N) is 4. The Labute approximate surface area is 211 Å². The van der Waals surface area contributed by atoms with E-state index in [1.807, 2.05) is 4.90 Å². The van der Waals surface area contributed by atoms with Gasteiger partial charge in [0.1, 0.15) is 5.78 Å². The van der Waals surface area contributed by atoms with Crippen LogP contribution in [0, 0.1) is 0 Å². The minimum absolute atomic E-state index is 0.0473. The molecule has 206 valence electrons. The van der Waals surface area contributed by atoms with Crippen LogP contribution in [0.2, 0.25) is 0 Å². The molecule has 1 fully saturated rings. The van der Waals surface area contributed by atoms with E-state index >= 15 is 0 Å². The van der Waals surface area contributed by atoms with Gasteiger partial charge in [-0.15, -0.1) is 0 Å². The summed E-state index contributed by atoms with van der Waals surface area (Å²) < 4.78 is 0. The number of carbonyl (C=O) groups is 5. The molecule has 1 rings (SSSR count). The summed E-state index contributed by atoms with van der Waals surface area (Å²) in [6, 6.07) is -0.552. The number of carboxylic acid groups (broad SMARTS) is 3. The van der Waals surface area contributed by atoms with Gasteiger partial charge < -0.3 is 26.4 Å². The van der Waals surface area contributed by atoms with Crippen molar-refractivity contribution in [2.24, 2.45) is 5.73 Å². The van der Waals surface area contributed by atoms with Gasteiger partial charge in [-0.1, -0.05) is 0 Å². The second-order valence-corrected chi connectivity index (χ2v) is 9.00. The maximum absolute atomic E-state index is 12.5. The molecule has 6 N–H and O–H groups in total. The van der Waals surface area contributed by atoms with Crippen LogP contribution in [0.25, 0.3) is 0 Å². The smallest absolute Gasteiger partial charge is 0.317 e. The summed E-state index contributed by atoms with van der Waals surface area (Å²) in [6.45, 7) is 3.83. The van der Waals surface area contributed by atoms with E-state index in [1.165, 1.54) is 6.92 Å². The number of amides is 1. The molecule has 0 radical (unpaired) electrons. The van der Waals surface area contributed by atoms with Crippen molar-refractivity contribution in [2.45, 2.75) is 25.8 Å². The molecule has 14 heteroatoms. The Bertz CT molecular complexity index is 720. The predicted molar refractivity (Wildman–Crippen MR) is 130 cm³/mol. The number of carboxylic acids is 3. The summed E-state index contributed by atoms with van der Waals surface area (Å²) in [6.07, 6.45) is 1.02. The molecule has 0 aromatic carbocycles. The Morgan fingerprint density at radius 1 is 0.694 bits per heavy atom. The van der Waals surface area contributed by atoms with Gasteiger partial charge in [-0.25, -0.2) is 0 Å². The zero-order valence-electron chi connectivity index (χ0n) is 20.9. The fourth-order valence-electron chi connectivity index (χ4n) is 3.80. The quantitative estimate of drug-likeness (QED) is 0.158. The van der Waals surface area contributed by atoms with Crippen molar-refractivity contribution in [1.29, 1.82) is 0 Å². The van der Waals surface area contributed by atoms with Crippen molar-refractivity contribution in [3.05, 3.63) is 0 Å². The van der Waals surface area contributed by atoms with Crippen LogP contribution in [0.5, 0.6) is 0 Å². The standard InChI is InChI=1S/C22H40N6O8/c1-17(29)18(23)3-2-4-24-19(30)13-25-5-7-26(14-20(31)32)9-11-28(16-22(35)36)12-10-27(8-6-25)15-21(33)34/h18H,2-16,23H2,1H3,(H,24,30)(H,31,32)(H,33,34)(H,35,36). The number of nitrogens with one attached hydrogen (secondary N) is 1. The monoisotopic (exact) mass is 516 g/mol. The predicted octanol–water partition coefficient (Wildman–Crippen LogP) is -2.73. The zero-order chi connectivity index (χ0) is 27.1. The van der Waals surface area contributed by atoms with Crippen LogP contribution >= 0.6 is 0 Å². The van der Waals surface area contributed by atoms with Crippen LogP contribution in [0.1, 0.15) is 19.8 Å². The van der Waals surface area contributed by atoms with E-state index in [1.54, 1.807) is 14.7 Å². The summed E-state index contributed by atoms with van der Waals surface area (Å²) in [5.74, 6) is -3.37. The highest BCUT2D eigenvalue weighted by Crippen LogP contribution is 2.02. The molecule has 1 amide bonds. The van der Waals surface area contributed by atoms with Crippen LogP contribution in [-0.4, -0.2) is 156 Å².